The Morgan fingerprint density at radius 1 is 1.45 bits per heavy atom. The van der Waals surface area contributed by atoms with Crippen molar-refractivity contribution in [2.45, 2.75) is 23.7 Å². The molecule has 0 radical (unpaired) electrons. The SMILES string of the molecule is CCCC(I)C1C[N+]2(CC2)C1. The summed E-state index contributed by atoms with van der Waals surface area (Å²) in [6.07, 6.45) is 2.80. The Balaban J connectivity index is 1.72. The standard InChI is InChI=1S/C9H17IN/c1-2-3-9(10)8-6-11(7-8)4-5-11/h8-9H,2-7H2,1H3/q+1. The maximum Gasteiger partial charge on any atom is 0.129 e. The molecule has 2 rings (SSSR count). The maximum atomic E-state index is 2.65. The van der Waals surface area contributed by atoms with Crippen LogP contribution in [0.1, 0.15) is 19.8 Å². The van der Waals surface area contributed by atoms with Gasteiger partial charge in [0.25, 0.3) is 0 Å². The highest BCUT2D eigenvalue weighted by Gasteiger charge is 2.55. The van der Waals surface area contributed by atoms with Crippen molar-refractivity contribution in [1.29, 1.82) is 0 Å². The topological polar surface area (TPSA) is 0 Å². The molecular weight excluding hydrogens is 249 g/mol. The van der Waals surface area contributed by atoms with Gasteiger partial charge in [-0.25, -0.2) is 0 Å². The van der Waals surface area contributed by atoms with Crippen molar-refractivity contribution in [3.05, 3.63) is 0 Å². The van der Waals surface area contributed by atoms with Crippen molar-refractivity contribution in [3.63, 3.8) is 0 Å². The monoisotopic (exact) mass is 266 g/mol. The van der Waals surface area contributed by atoms with Gasteiger partial charge in [0.1, 0.15) is 13.1 Å². The first-order chi connectivity index (χ1) is 5.26. The second-order valence-corrected chi connectivity index (χ2v) is 5.82. The number of alkyl halides is 1. The van der Waals surface area contributed by atoms with Crippen LogP contribution < -0.4 is 0 Å². The summed E-state index contributed by atoms with van der Waals surface area (Å²) in [7, 11) is 0. The average molecular weight is 266 g/mol. The molecule has 0 amide bonds. The smallest absolute Gasteiger partial charge is 0.129 e. The van der Waals surface area contributed by atoms with Crippen molar-refractivity contribution in [2.75, 3.05) is 26.2 Å². The molecule has 2 saturated heterocycles. The van der Waals surface area contributed by atoms with Crippen molar-refractivity contribution in [3.8, 4) is 0 Å². The third-order valence-electron chi connectivity index (χ3n) is 3.18. The van der Waals surface area contributed by atoms with Crippen LogP contribution >= 0.6 is 22.6 Å². The molecule has 1 atom stereocenters. The highest BCUT2D eigenvalue weighted by molar-refractivity contribution is 14.1. The van der Waals surface area contributed by atoms with E-state index in [2.05, 4.69) is 29.5 Å². The lowest BCUT2D eigenvalue weighted by Gasteiger charge is -2.38. The third kappa shape index (κ3) is 1.57. The van der Waals surface area contributed by atoms with E-state index in [1.807, 2.05) is 0 Å². The van der Waals surface area contributed by atoms with Crippen LogP contribution in [-0.2, 0) is 0 Å². The van der Waals surface area contributed by atoms with Crippen LogP contribution in [0.4, 0.5) is 0 Å². The van der Waals surface area contributed by atoms with E-state index in [4.69, 9.17) is 0 Å². The summed E-state index contributed by atoms with van der Waals surface area (Å²) in [5.74, 6) is 1.07. The fourth-order valence-corrected chi connectivity index (χ4v) is 3.27. The first kappa shape index (κ1) is 8.30. The molecule has 2 heteroatoms. The minimum absolute atomic E-state index is 0.974. The van der Waals surface area contributed by atoms with Crippen molar-refractivity contribution in [2.24, 2.45) is 5.92 Å². The van der Waals surface area contributed by atoms with E-state index in [0.717, 1.165) is 9.84 Å². The van der Waals surface area contributed by atoms with Crippen molar-refractivity contribution in [1.82, 2.24) is 0 Å². The van der Waals surface area contributed by atoms with E-state index < -0.39 is 0 Å². The molecule has 1 nitrogen and oxygen atoms in total. The van der Waals surface area contributed by atoms with Crippen LogP contribution in [0.15, 0.2) is 0 Å². The largest absolute Gasteiger partial charge is 0.313 e. The molecule has 0 bridgehead atoms. The molecule has 2 aliphatic rings. The van der Waals surface area contributed by atoms with Gasteiger partial charge >= 0.3 is 0 Å². The van der Waals surface area contributed by atoms with E-state index in [9.17, 15) is 0 Å². The van der Waals surface area contributed by atoms with Gasteiger partial charge in [0.05, 0.1) is 19.0 Å². The van der Waals surface area contributed by atoms with E-state index in [1.165, 1.54) is 43.5 Å². The Morgan fingerprint density at radius 2 is 2.09 bits per heavy atom. The highest BCUT2D eigenvalue weighted by atomic mass is 127. The van der Waals surface area contributed by atoms with Crippen LogP contribution in [0.25, 0.3) is 0 Å². The molecule has 1 unspecified atom stereocenters. The number of halogens is 1. The summed E-state index contributed by atoms with van der Waals surface area (Å²) in [6, 6.07) is 0. The lowest BCUT2D eigenvalue weighted by Crippen LogP contribution is -2.52. The van der Waals surface area contributed by atoms with Gasteiger partial charge in [0.2, 0.25) is 0 Å². The fraction of sp³-hybridized carbons (Fsp3) is 1.00. The van der Waals surface area contributed by atoms with E-state index in [0.29, 0.717) is 0 Å². The predicted octanol–water partition coefficient (Wildman–Crippen LogP) is 2.05. The normalized spacial score (nSPS) is 30.0. The molecule has 0 aromatic carbocycles. The summed E-state index contributed by atoms with van der Waals surface area (Å²) >= 11 is 2.65. The Labute approximate surface area is 82.9 Å². The summed E-state index contributed by atoms with van der Waals surface area (Å²) in [4.78, 5) is 0. The van der Waals surface area contributed by atoms with Gasteiger partial charge in [-0.05, 0) is 6.42 Å². The van der Waals surface area contributed by atoms with Gasteiger partial charge in [-0.2, -0.15) is 0 Å². The van der Waals surface area contributed by atoms with Crippen LogP contribution in [-0.4, -0.2) is 34.6 Å². The van der Waals surface area contributed by atoms with Gasteiger partial charge in [0, 0.05) is 3.92 Å². The van der Waals surface area contributed by atoms with Crippen molar-refractivity contribution >= 4 is 22.6 Å². The number of hydrogen-bond acceptors (Lipinski definition) is 0. The van der Waals surface area contributed by atoms with Crippen molar-refractivity contribution < 1.29 is 4.48 Å². The lowest BCUT2D eigenvalue weighted by atomic mass is 9.94. The number of quaternary nitrogens is 1. The molecule has 0 N–H and O–H groups in total. The van der Waals surface area contributed by atoms with Crippen LogP contribution in [0.5, 0.6) is 0 Å². The molecule has 2 aliphatic heterocycles. The van der Waals surface area contributed by atoms with Gasteiger partial charge < -0.3 is 4.48 Å². The molecule has 0 aromatic rings. The molecule has 1 spiro atoms. The fourth-order valence-electron chi connectivity index (χ4n) is 2.19. The summed E-state index contributed by atoms with van der Waals surface area (Å²) < 4.78 is 2.47. The summed E-state index contributed by atoms with van der Waals surface area (Å²) in [5.41, 5.74) is 0. The quantitative estimate of drug-likeness (QED) is 0.317. The minimum Gasteiger partial charge on any atom is -0.313 e. The van der Waals surface area contributed by atoms with Gasteiger partial charge in [-0.1, -0.05) is 35.9 Å². The lowest BCUT2D eigenvalue weighted by molar-refractivity contribution is -0.854. The Bertz CT molecular complexity index is 146. The zero-order valence-corrected chi connectivity index (χ0v) is 9.38. The predicted molar refractivity (Wildman–Crippen MR) is 55.9 cm³/mol. The summed E-state index contributed by atoms with van der Waals surface area (Å²) in [5, 5.41) is 0. The maximum absolute atomic E-state index is 2.65. The van der Waals surface area contributed by atoms with Gasteiger partial charge in [0.15, 0.2) is 0 Å². The minimum atomic E-state index is 0.974. The molecule has 0 saturated carbocycles. The molecule has 11 heavy (non-hydrogen) atoms. The molecule has 0 aliphatic carbocycles. The zero-order chi connectivity index (χ0) is 7.90. The molecule has 2 heterocycles. The molecular formula is C9H17IN+. The third-order valence-corrected chi connectivity index (χ3v) is 4.82. The molecule has 2 fully saturated rings. The second-order valence-electron chi connectivity index (χ2n) is 4.22. The first-order valence-electron chi connectivity index (χ1n) is 4.75. The van der Waals surface area contributed by atoms with E-state index >= 15 is 0 Å². The number of hydrogen-bond donors (Lipinski definition) is 0. The molecule has 64 valence electrons. The van der Waals surface area contributed by atoms with Crippen LogP contribution in [0.2, 0.25) is 0 Å². The number of rotatable bonds is 3. The average Bonchev–Trinajstić information content (AvgIpc) is 2.62. The molecule has 0 aromatic heterocycles. The highest BCUT2D eigenvalue weighted by Crippen LogP contribution is 2.39. The Hall–Kier alpha value is 0.690. The number of nitrogens with zero attached hydrogens (tertiary/aromatic N) is 1. The van der Waals surface area contributed by atoms with Gasteiger partial charge in [-0.15, -0.1) is 0 Å². The van der Waals surface area contributed by atoms with Crippen LogP contribution in [0, 0.1) is 5.92 Å². The van der Waals surface area contributed by atoms with E-state index in [-0.39, 0.29) is 0 Å². The Kier molecular flexibility index (Phi) is 2.17. The summed E-state index contributed by atoms with van der Waals surface area (Å²) in [6.45, 7) is 8.30. The van der Waals surface area contributed by atoms with Gasteiger partial charge in [-0.3, -0.25) is 0 Å². The zero-order valence-electron chi connectivity index (χ0n) is 7.22. The second kappa shape index (κ2) is 2.87. The van der Waals surface area contributed by atoms with E-state index in [1.54, 1.807) is 0 Å². The first-order valence-corrected chi connectivity index (χ1v) is 5.99. The van der Waals surface area contributed by atoms with Crippen LogP contribution in [0.3, 0.4) is 0 Å². The Morgan fingerprint density at radius 3 is 2.55 bits per heavy atom.